The number of hydrogen-bond acceptors (Lipinski definition) is 3. The largest absolute Gasteiger partial charge is 0.481 e. The Hall–Kier alpha value is -1.71. The molecule has 0 heterocycles. The van der Waals surface area contributed by atoms with E-state index < -0.39 is 11.9 Å². The molecule has 1 saturated carbocycles. The first-order chi connectivity index (χ1) is 10.6. The van der Waals surface area contributed by atoms with Crippen molar-refractivity contribution in [2.24, 2.45) is 11.3 Å². The van der Waals surface area contributed by atoms with E-state index in [0.29, 0.717) is 23.1 Å². The SMILES string of the molecule is Cc1cc(N[C@H]2C[C@@H](C)CC(C)(C)C2)c(N)cc1C(C)C(=O)O. The van der Waals surface area contributed by atoms with Crippen molar-refractivity contribution in [1.29, 1.82) is 0 Å². The van der Waals surface area contributed by atoms with Crippen molar-refractivity contribution in [1.82, 2.24) is 0 Å². The Morgan fingerprint density at radius 2 is 2.04 bits per heavy atom. The third-order valence-corrected chi connectivity index (χ3v) is 5.02. The Labute approximate surface area is 139 Å². The number of carbonyl (C=O) groups is 1. The standard InChI is InChI=1S/C19H30N2O2/c1-11-6-14(10-19(4,5)9-11)21-17-7-12(2)15(8-16(17)20)13(3)18(22)23/h7-8,11,13-14,21H,6,9-10,20H2,1-5H3,(H,22,23)/t11-,13?,14+/m1/s1. The van der Waals surface area contributed by atoms with Crippen molar-refractivity contribution in [3.63, 3.8) is 0 Å². The van der Waals surface area contributed by atoms with Crippen LogP contribution in [0.25, 0.3) is 0 Å². The maximum atomic E-state index is 11.2. The number of nitrogens with one attached hydrogen (secondary N) is 1. The predicted octanol–water partition coefficient (Wildman–Crippen LogP) is 4.39. The van der Waals surface area contributed by atoms with Crippen molar-refractivity contribution in [2.75, 3.05) is 11.1 Å². The summed E-state index contributed by atoms with van der Waals surface area (Å²) in [5.41, 5.74) is 9.86. The van der Waals surface area contributed by atoms with Crippen LogP contribution in [0.1, 0.15) is 64.0 Å². The van der Waals surface area contributed by atoms with Gasteiger partial charge >= 0.3 is 5.97 Å². The fourth-order valence-corrected chi connectivity index (χ4v) is 4.14. The lowest BCUT2D eigenvalue weighted by atomic mass is 9.70. The summed E-state index contributed by atoms with van der Waals surface area (Å²) in [5, 5.41) is 12.8. The molecule has 1 fully saturated rings. The topological polar surface area (TPSA) is 75.3 Å². The maximum absolute atomic E-state index is 11.2. The van der Waals surface area contributed by atoms with Gasteiger partial charge in [-0.15, -0.1) is 0 Å². The molecular formula is C19H30N2O2. The third-order valence-electron chi connectivity index (χ3n) is 5.02. The van der Waals surface area contributed by atoms with Crippen molar-refractivity contribution >= 4 is 17.3 Å². The van der Waals surface area contributed by atoms with Gasteiger partial charge in [0.2, 0.25) is 0 Å². The molecule has 0 radical (unpaired) electrons. The van der Waals surface area contributed by atoms with Gasteiger partial charge in [-0.25, -0.2) is 0 Å². The van der Waals surface area contributed by atoms with E-state index in [1.165, 1.54) is 6.42 Å². The van der Waals surface area contributed by atoms with Crippen molar-refractivity contribution in [2.45, 2.75) is 65.8 Å². The zero-order valence-corrected chi connectivity index (χ0v) is 14.9. The van der Waals surface area contributed by atoms with Gasteiger partial charge in [-0.2, -0.15) is 0 Å². The second kappa shape index (κ2) is 6.42. The van der Waals surface area contributed by atoms with E-state index in [4.69, 9.17) is 5.73 Å². The van der Waals surface area contributed by atoms with Crippen LogP contribution in [0.3, 0.4) is 0 Å². The van der Waals surface area contributed by atoms with E-state index >= 15 is 0 Å². The average molecular weight is 318 g/mol. The number of nitrogen functional groups attached to an aromatic ring is 1. The quantitative estimate of drug-likeness (QED) is 0.720. The molecule has 0 saturated heterocycles. The summed E-state index contributed by atoms with van der Waals surface area (Å²) >= 11 is 0. The van der Waals surface area contributed by atoms with E-state index in [1.807, 2.05) is 19.1 Å². The van der Waals surface area contributed by atoms with Gasteiger partial charge in [-0.05, 0) is 67.7 Å². The zero-order chi connectivity index (χ0) is 17.4. The molecule has 0 bridgehead atoms. The average Bonchev–Trinajstić information content (AvgIpc) is 2.39. The van der Waals surface area contributed by atoms with Crippen LogP contribution >= 0.6 is 0 Å². The third kappa shape index (κ3) is 4.18. The number of anilines is 2. The Bertz CT molecular complexity index is 595. The van der Waals surface area contributed by atoms with Crippen molar-refractivity contribution < 1.29 is 9.90 Å². The van der Waals surface area contributed by atoms with Gasteiger partial charge in [0.05, 0.1) is 17.3 Å². The normalized spacial score (nSPS) is 24.9. The maximum Gasteiger partial charge on any atom is 0.310 e. The van der Waals surface area contributed by atoms with Crippen LogP contribution in [0.2, 0.25) is 0 Å². The van der Waals surface area contributed by atoms with Crippen LogP contribution in [0.4, 0.5) is 11.4 Å². The molecule has 2 rings (SSSR count). The first kappa shape index (κ1) is 17.6. The van der Waals surface area contributed by atoms with E-state index in [1.54, 1.807) is 6.92 Å². The van der Waals surface area contributed by atoms with Gasteiger partial charge in [0.1, 0.15) is 0 Å². The van der Waals surface area contributed by atoms with Gasteiger partial charge < -0.3 is 16.2 Å². The number of carboxylic acids is 1. The monoisotopic (exact) mass is 318 g/mol. The highest BCUT2D eigenvalue weighted by Gasteiger charge is 2.32. The van der Waals surface area contributed by atoms with E-state index in [0.717, 1.165) is 29.7 Å². The summed E-state index contributed by atoms with van der Waals surface area (Å²) in [6, 6.07) is 4.22. The summed E-state index contributed by atoms with van der Waals surface area (Å²) < 4.78 is 0. The number of aryl methyl sites for hydroxylation is 1. The molecule has 0 spiro atoms. The molecule has 128 valence electrons. The van der Waals surface area contributed by atoms with E-state index in [9.17, 15) is 9.90 Å². The smallest absolute Gasteiger partial charge is 0.310 e. The molecule has 3 atom stereocenters. The summed E-state index contributed by atoms with van der Waals surface area (Å²) in [6.45, 7) is 10.6. The van der Waals surface area contributed by atoms with Gasteiger partial charge in [-0.3, -0.25) is 4.79 Å². The number of carboxylic acid groups (broad SMARTS) is 1. The first-order valence-electron chi connectivity index (χ1n) is 8.48. The summed E-state index contributed by atoms with van der Waals surface area (Å²) in [6.07, 6.45) is 3.53. The Balaban J connectivity index is 2.21. The molecule has 1 aliphatic carbocycles. The number of aliphatic carboxylic acids is 1. The van der Waals surface area contributed by atoms with Crippen LogP contribution in [0.15, 0.2) is 12.1 Å². The lowest BCUT2D eigenvalue weighted by molar-refractivity contribution is -0.138. The van der Waals surface area contributed by atoms with E-state index in [2.05, 4.69) is 26.1 Å². The highest BCUT2D eigenvalue weighted by Crippen LogP contribution is 2.40. The molecule has 4 heteroatoms. The van der Waals surface area contributed by atoms with Gasteiger partial charge in [-0.1, -0.05) is 20.8 Å². The minimum atomic E-state index is -0.823. The van der Waals surface area contributed by atoms with Crippen LogP contribution < -0.4 is 11.1 Å². The van der Waals surface area contributed by atoms with Gasteiger partial charge in [0, 0.05) is 6.04 Å². The molecule has 0 amide bonds. The van der Waals surface area contributed by atoms with Gasteiger partial charge in [0.15, 0.2) is 0 Å². The highest BCUT2D eigenvalue weighted by molar-refractivity contribution is 5.79. The first-order valence-corrected chi connectivity index (χ1v) is 8.48. The minimum absolute atomic E-state index is 0.344. The number of benzene rings is 1. The summed E-state index contributed by atoms with van der Waals surface area (Å²) in [5.74, 6) is -0.666. The van der Waals surface area contributed by atoms with E-state index in [-0.39, 0.29) is 0 Å². The Kier molecular flexibility index (Phi) is 4.92. The molecular weight excluding hydrogens is 288 g/mol. The molecule has 1 aromatic rings. The molecule has 0 aromatic heterocycles. The lowest BCUT2D eigenvalue weighted by Gasteiger charge is -2.40. The molecule has 1 aromatic carbocycles. The second-order valence-electron chi connectivity index (χ2n) is 8.11. The summed E-state index contributed by atoms with van der Waals surface area (Å²) in [7, 11) is 0. The number of hydrogen-bond donors (Lipinski definition) is 3. The van der Waals surface area contributed by atoms with Crippen molar-refractivity contribution in [3.8, 4) is 0 Å². The molecule has 23 heavy (non-hydrogen) atoms. The molecule has 4 N–H and O–H groups in total. The second-order valence-corrected chi connectivity index (χ2v) is 8.11. The highest BCUT2D eigenvalue weighted by atomic mass is 16.4. The van der Waals surface area contributed by atoms with Crippen LogP contribution in [0, 0.1) is 18.3 Å². The molecule has 0 aliphatic heterocycles. The van der Waals surface area contributed by atoms with Crippen LogP contribution in [-0.4, -0.2) is 17.1 Å². The number of rotatable bonds is 4. The Morgan fingerprint density at radius 1 is 1.39 bits per heavy atom. The minimum Gasteiger partial charge on any atom is -0.481 e. The lowest BCUT2D eigenvalue weighted by Crippen LogP contribution is -2.35. The Morgan fingerprint density at radius 3 is 2.61 bits per heavy atom. The molecule has 1 unspecified atom stereocenters. The predicted molar refractivity (Wildman–Crippen MR) is 95.8 cm³/mol. The zero-order valence-electron chi connectivity index (χ0n) is 14.9. The summed E-state index contributed by atoms with van der Waals surface area (Å²) in [4.78, 5) is 11.2. The van der Waals surface area contributed by atoms with Crippen LogP contribution in [0.5, 0.6) is 0 Å². The molecule has 1 aliphatic rings. The molecule has 4 nitrogen and oxygen atoms in total. The van der Waals surface area contributed by atoms with Crippen molar-refractivity contribution in [3.05, 3.63) is 23.3 Å². The fraction of sp³-hybridized carbons (Fsp3) is 0.632. The van der Waals surface area contributed by atoms with Gasteiger partial charge in [0.25, 0.3) is 0 Å². The number of nitrogens with two attached hydrogens (primary N) is 1. The van der Waals surface area contributed by atoms with Crippen LogP contribution in [-0.2, 0) is 4.79 Å². The fourth-order valence-electron chi connectivity index (χ4n) is 4.14.